The number of sulfonamides is 1. The number of aryl methyl sites for hydroxylation is 1. The maximum atomic E-state index is 12.2. The summed E-state index contributed by atoms with van der Waals surface area (Å²) in [6.45, 7) is 2.00. The van der Waals surface area contributed by atoms with Crippen molar-refractivity contribution in [3.05, 3.63) is 17.7 Å². The summed E-state index contributed by atoms with van der Waals surface area (Å²) in [6.07, 6.45) is 2.09. The van der Waals surface area contributed by atoms with Crippen LogP contribution in [0.4, 0.5) is 5.69 Å². The first-order chi connectivity index (χ1) is 9.27. The van der Waals surface area contributed by atoms with Crippen molar-refractivity contribution in [2.45, 2.75) is 18.2 Å². The molecule has 1 unspecified atom stereocenters. The van der Waals surface area contributed by atoms with Crippen LogP contribution in [0.1, 0.15) is 12.0 Å². The predicted octanol–water partition coefficient (Wildman–Crippen LogP) is 0.633. The molecule has 1 rings (SSSR count). The standard InChI is InChI=1S/C12H20N2O4S2/c1-9-7-11(18-2)12(8-10(9)13)20(16,17)14-5-4-6-19(3)15/h7-8,14H,4-6,13H2,1-3H3. The van der Waals surface area contributed by atoms with E-state index in [4.69, 9.17) is 10.5 Å². The minimum Gasteiger partial charge on any atom is -0.495 e. The van der Waals surface area contributed by atoms with Crippen molar-refractivity contribution >= 4 is 26.5 Å². The van der Waals surface area contributed by atoms with E-state index in [1.165, 1.54) is 13.2 Å². The monoisotopic (exact) mass is 320 g/mol. The molecule has 0 heterocycles. The lowest BCUT2D eigenvalue weighted by Crippen LogP contribution is -2.26. The lowest BCUT2D eigenvalue weighted by Gasteiger charge is -2.12. The zero-order valence-electron chi connectivity index (χ0n) is 11.8. The van der Waals surface area contributed by atoms with Crippen LogP contribution >= 0.6 is 0 Å². The Kier molecular flexibility index (Phi) is 5.97. The molecule has 20 heavy (non-hydrogen) atoms. The van der Waals surface area contributed by atoms with Gasteiger partial charge < -0.3 is 10.5 Å². The topological polar surface area (TPSA) is 98.5 Å². The molecule has 1 aromatic carbocycles. The minimum absolute atomic E-state index is 0.0146. The molecular weight excluding hydrogens is 300 g/mol. The fourth-order valence-corrected chi connectivity index (χ4v) is 3.42. The smallest absolute Gasteiger partial charge is 0.244 e. The van der Waals surface area contributed by atoms with Crippen LogP contribution in [0.5, 0.6) is 5.75 Å². The van der Waals surface area contributed by atoms with Gasteiger partial charge in [0.2, 0.25) is 10.0 Å². The second-order valence-corrected chi connectivity index (χ2v) is 7.68. The van der Waals surface area contributed by atoms with Crippen LogP contribution in [0.2, 0.25) is 0 Å². The molecule has 0 radical (unpaired) electrons. The summed E-state index contributed by atoms with van der Waals surface area (Å²) in [7, 11) is -3.22. The maximum Gasteiger partial charge on any atom is 0.244 e. The van der Waals surface area contributed by atoms with Gasteiger partial charge in [-0.05, 0) is 31.0 Å². The number of anilines is 1. The fourth-order valence-electron chi connectivity index (χ4n) is 1.61. The minimum atomic E-state index is -3.69. The largest absolute Gasteiger partial charge is 0.495 e. The van der Waals surface area contributed by atoms with Gasteiger partial charge in [-0.1, -0.05) is 0 Å². The molecule has 0 aromatic heterocycles. The fraction of sp³-hybridized carbons (Fsp3) is 0.500. The number of ether oxygens (including phenoxy) is 1. The van der Waals surface area contributed by atoms with Gasteiger partial charge in [0.25, 0.3) is 0 Å². The average Bonchev–Trinajstić information content (AvgIpc) is 2.37. The molecule has 0 saturated carbocycles. The van der Waals surface area contributed by atoms with E-state index >= 15 is 0 Å². The molecule has 3 N–H and O–H groups in total. The molecule has 0 aliphatic heterocycles. The molecule has 8 heteroatoms. The first kappa shape index (κ1) is 16.9. The third kappa shape index (κ3) is 4.46. The van der Waals surface area contributed by atoms with Gasteiger partial charge in [0.1, 0.15) is 10.6 Å². The normalized spacial score (nSPS) is 13.2. The van der Waals surface area contributed by atoms with E-state index in [0.717, 1.165) is 5.56 Å². The van der Waals surface area contributed by atoms with Crippen molar-refractivity contribution < 1.29 is 17.4 Å². The number of hydrogen-bond acceptors (Lipinski definition) is 5. The zero-order valence-corrected chi connectivity index (χ0v) is 13.4. The average molecular weight is 320 g/mol. The van der Waals surface area contributed by atoms with Crippen molar-refractivity contribution in [3.8, 4) is 5.75 Å². The Balaban J connectivity index is 2.92. The molecule has 0 bridgehead atoms. The highest BCUT2D eigenvalue weighted by molar-refractivity contribution is 7.89. The Labute approximate surface area is 122 Å². The van der Waals surface area contributed by atoms with Crippen molar-refractivity contribution in [1.29, 1.82) is 0 Å². The number of rotatable bonds is 7. The molecule has 1 aromatic rings. The van der Waals surface area contributed by atoms with E-state index in [1.54, 1.807) is 19.2 Å². The van der Waals surface area contributed by atoms with Crippen molar-refractivity contribution in [1.82, 2.24) is 4.72 Å². The number of nitrogen functional groups attached to an aromatic ring is 1. The van der Waals surface area contributed by atoms with Crippen molar-refractivity contribution in [3.63, 3.8) is 0 Å². The Morgan fingerprint density at radius 1 is 1.40 bits per heavy atom. The zero-order chi connectivity index (χ0) is 15.3. The highest BCUT2D eigenvalue weighted by atomic mass is 32.2. The van der Waals surface area contributed by atoms with Crippen LogP contribution in [-0.2, 0) is 20.8 Å². The Morgan fingerprint density at radius 3 is 2.60 bits per heavy atom. The van der Waals surface area contributed by atoms with E-state index in [2.05, 4.69) is 4.72 Å². The summed E-state index contributed by atoms with van der Waals surface area (Å²) in [6, 6.07) is 2.97. The molecular formula is C12H20N2O4S2. The summed E-state index contributed by atoms with van der Waals surface area (Å²) in [5.74, 6) is 0.707. The Bertz CT molecular complexity index is 600. The summed E-state index contributed by atoms with van der Waals surface area (Å²) in [5, 5.41) is 0. The summed E-state index contributed by atoms with van der Waals surface area (Å²) >= 11 is 0. The number of hydrogen-bond donors (Lipinski definition) is 2. The number of methoxy groups -OCH3 is 1. The third-order valence-corrected chi connectivity index (χ3v) is 5.09. The predicted molar refractivity (Wildman–Crippen MR) is 80.9 cm³/mol. The highest BCUT2D eigenvalue weighted by Crippen LogP contribution is 2.28. The van der Waals surface area contributed by atoms with E-state index in [-0.39, 0.29) is 17.2 Å². The third-order valence-electron chi connectivity index (χ3n) is 2.74. The molecule has 0 aliphatic rings. The van der Waals surface area contributed by atoms with Gasteiger partial charge in [0.05, 0.1) is 7.11 Å². The van der Waals surface area contributed by atoms with Crippen LogP contribution in [0.3, 0.4) is 0 Å². The van der Waals surface area contributed by atoms with Gasteiger partial charge in [-0.15, -0.1) is 0 Å². The second kappa shape index (κ2) is 7.05. The van der Waals surface area contributed by atoms with Gasteiger partial charge in [-0.2, -0.15) is 0 Å². The van der Waals surface area contributed by atoms with Crippen molar-refractivity contribution in [2.24, 2.45) is 0 Å². The lowest BCUT2D eigenvalue weighted by atomic mass is 10.2. The first-order valence-electron chi connectivity index (χ1n) is 6.01. The van der Waals surface area contributed by atoms with Gasteiger partial charge in [-0.25, -0.2) is 13.1 Å². The van der Waals surface area contributed by atoms with E-state index < -0.39 is 20.8 Å². The van der Waals surface area contributed by atoms with Gasteiger partial charge in [-0.3, -0.25) is 4.21 Å². The number of benzene rings is 1. The molecule has 0 aliphatic carbocycles. The van der Waals surface area contributed by atoms with Gasteiger partial charge in [0.15, 0.2) is 0 Å². The molecule has 0 amide bonds. The lowest BCUT2D eigenvalue weighted by molar-refractivity contribution is 0.402. The van der Waals surface area contributed by atoms with E-state index in [9.17, 15) is 12.6 Å². The second-order valence-electron chi connectivity index (χ2n) is 4.39. The first-order valence-corrected chi connectivity index (χ1v) is 9.22. The van der Waals surface area contributed by atoms with Crippen LogP contribution in [0.15, 0.2) is 17.0 Å². The Morgan fingerprint density at radius 2 is 2.05 bits per heavy atom. The molecule has 0 spiro atoms. The van der Waals surface area contributed by atoms with E-state index in [1.807, 2.05) is 0 Å². The van der Waals surface area contributed by atoms with E-state index in [0.29, 0.717) is 17.9 Å². The van der Waals surface area contributed by atoms with Crippen LogP contribution in [-0.4, -0.2) is 38.3 Å². The quantitative estimate of drug-likeness (QED) is 0.567. The summed E-state index contributed by atoms with van der Waals surface area (Å²) in [4.78, 5) is 0.0146. The highest BCUT2D eigenvalue weighted by Gasteiger charge is 2.20. The maximum absolute atomic E-state index is 12.2. The molecule has 0 fully saturated rings. The van der Waals surface area contributed by atoms with Crippen LogP contribution in [0.25, 0.3) is 0 Å². The molecule has 114 valence electrons. The summed E-state index contributed by atoms with van der Waals surface area (Å²) < 4.78 is 42.9. The summed E-state index contributed by atoms with van der Waals surface area (Å²) in [5.41, 5.74) is 6.89. The number of nitrogens with two attached hydrogens (primary N) is 1. The number of nitrogens with one attached hydrogen (secondary N) is 1. The van der Waals surface area contributed by atoms with Crippen molar-refractivity contribution in [2.75, 3.05) is 31.4 Å². The molecule has 0 saturated heterocycles. The molecule has 6 nitrogen and oxygen atoms in total. The molecule has 1 atom stereocenters. The SMILES string of the molecule is COc1cc(C)c(N)cc1S(=O)(=O)NCCCS(C)=O. The van der Waals surface area contributed by atoms with Gasteiger partial charge in [0, 0.05) is 35.0 Å². The van der Waals surface area contributed by atoms with Crippen LogP contribution in [0, 0.1) is 6.92 Å². The van der Waals surface area contributed by atoms with Crippen LogP contribution < -0.4 is 15.2 Å². The Hall–Kier alpha value is -1.12. The van der Waals surface area contributed by atoms with Gasteiger partial charge >= 0.3 is 0 Å².